The SMILES string of the molecule is CCN1CCN(c2ncncc2C(N)=S)CC1. The molecule has 1 fully saturated rings. The molecule has 0 unspecified atom stereocenters. The third-order valence-electron chi connectivity index (χ3n) is 3.08. The molecule has 6 heteroatoms. The van der Waals surface area contributed by atoms with Crippen LogP contribution in [0.5, 0.6) is 0 Å². The maximum Gasteiger partial charge on any atom is 0.142 e. The Morgan fingerprint density at radius 1 is 1.41 bits per heavy atom. The zero-order valence-corrected chi connectivity index (χ0v) is 10.8. The summed E-state index contributed by atoms with van der Waals surface area (Å²) in [5.74, 6) is 0.864. The zero-order chi connectivity index (χ0) is 12.3. The number of anilines is 1. The quantitative estimate of drug-likeness (QED) is 0.777. The van der Waals surface area contributed by atoms with E-state index >= 15 is 0 Å². The van der Waals surface area contributed by atoms with Gasteiger partial charge in [0.15, 0.2) is 0 Å². The van der Waals surface area contributed by atoms with Crippen LogP contribution in [-0.4, -0.2) is 52.6 Å². The number of rotatable bonds is 3. The van der Waals surface area contributed by atoms with Gasteiger partial charge in [0.05, 0.1) is 5.56 Å². The Labute approximate surface area is 107 Å². The summed E-state index contributed by atoms with van der Waals surface area (Å²) >= 11 is 5.03. The van der Waals surface area contributed by atoms with E-state index in [1.165, 1.54) is 0 Å². The first-order valence-corrected chi connectivity index (χ1v) is 6.20. The number of hydrogen-bond acceptors (Lipinski definition) is 5. The van der Waals surface area contributed by atoms with Crippen LogP contribution in [0.15, 0.2) is 12.5 Å². The Hall–Kier alpha value is -1.27. The fraction of sp³-hybridized carbons (Fsp3) is 0.545. The van der Waals surface area contributed by atoms with Gasteiger partial charge < -0.3 is 15.5 Å². The van der Waals surface area contributed by atoms with Gasteiger partial charge in [-0.05, 0) is 6.54 Å². The molecule has 92 valence electrons. The van der Waals surface area contributed by atoms with Gasteiger partial charge in [-0.25, -0.2) is 9.97 Å². The molecular weight excluding hydrogens is 234 g/mol. The molecular formula is C11H17N5S. The molecule has 0 atom stereocenters. The Morgan fingerprint density at radius 3 is 2.71 bits per heavy atom. The standard InChI is InChI=1S/C11H17N5S/c1-2-15-3-5-16(6-4-15)11-9(10(12)17)7-13-8-14-11/h7-8H,2-6H2,1H3,(H2,12,17). The lowest BCUT2D eigenvalue weighted by atomic mass is 10.2. The Kier molecular flexibility index (Phi) is 3.86. The second kappa shape index (κ2) is 5.37. The Morgan fingerprint density at radius 2 is 2.12 bits per heavy atom. The number of thiocarbonyl (C=S) groups is 1. The molecule has 0 radical (unpaired) electrons. The molecule has 1 aromatic rings. The van der Waals surface area contributed by atoms with Crippen molar-refractivity contribution < 1.29 is 0 Å². The van der Waals surface area contributed by atoms with Crippen molar-refractivity contribution in [3.63, 3.8) is 0 Å². The summed E-state index contributed by atoms with van der Waals surface area (Å²) in [6.07, 6.45) is 3.24. The van der Waals surface area contributed by atoms with Gasteiger partial charge in [-0.15, -0.1) is 0 Å². The third-order valence-corrected chi connectivity index (χ3v) is 3.30. The van der Waals surface area contributed by atoms with Crippen LogP contribution in [-0.2, 0) is 0 Å². The van der Waals surface area contributed by atoms with Crippen molar-refractivity contribution in [2.75, 3.05) is 37.6 Å². The number of piperazine rings is 1. The van der Waals surface area contributed by atoms with E-state index in [4.69, 9.17) is 18.0 Å². The van der Waals surface area contributed by atoms with Crippen LogP contribution in [0.4, 0.5) is 5.82 Å². The molecule has 0 aliphatic carbocycles. The Balaban J connectivity index is 2.15. The molecule has 1 aliphatic heterocycles. The van der Waals surface area contributed by atoms with Gasteiger partial charge in [0.25, 0.3) is 0 Å². The van der Waals surface area contributed by atoms with E-state index in [0.717, 1.165) is 44.1 Å². The summed E-state index contributed by atoms with van der Waals surface area (Å²) in [6.45, 7) is 7.30. The minimum Gasteiger partial charge on any atom is -0.389 e. The molecule has 0 amide bonds. The summed E-state index contributed by atoms with van der Waals surface area (Å²) < 4.78 is 0. The number of nitrogens with two attached hydrogens (primary N) is 1. The van der Waals surface area contributed by atoms with E-state index in [2.05, 4.69) is 26.7 Å². The van der Waals surface area contributed by atoms with Gasteiger partial charge in [-0.3, -0.25) is 0 Å². The highest BCUT2D eigenvalue weighted by atomic mass is 32.1. The maximum absolute atomic E-state index is 5.69. The van der Waals surface area contributed by atoms with Gasteiger partial charge in [0, 0.05) is 32.4 Å². The molecule has 0 spiro atoms. The molecule has 17 heavy (non-hydrogen) atoms. The first-order chi connectivity index (χ1) is 8.22. The lowest BCUT2D eigenvalue weighted by molar-refractivity contribution is 0.270. The van der Waals surface area contributed by atoms with Crippen LogP contribution in [0.1, 0.15) is 12.5 Å². The maximum atomic E-state index is 5.69. The lowest BCUT2D eigenvalue weighted by Crippen LogP contribution is -2.47. The number of nitrogens with zero attached hydrogens (tertiary/aromatic N) is 4. The molecule has 0 saturated carbocycles. The van der Waals surface area contributed by atoms with Crippen molar-refractivity contribution in [2.45, 2.75) is 6.92 Å². The van der Waals surface area contributed by atoms with Crippen LogP contribution >= 0.6 is 12.2 Å². The average Bonchev–Trinajstić information content (AvgIpc) is 2.39. The second-order valence-corrected chi connectivity index (χ2v) is 4.49. The molecule has 1 saturated heterocycles. The zero-order valence-electron chi connectivity index (χ0n) is 9.96. The topological polar surface area (TPSA) is 58.3 Å². The molecule has 2 rings (SSSR count). The largest absolute Gasteiger partial charge is 0.389 e. The van der Waals surface area contributed by atoms with E-state index in [1.54, 1.807) is 12.5 Å². The van der Waals surface area contributed by atoms with Crippen LogP contribution in [0, 0.1) is 0 Å². The van der Waals surface area contributed by atoms with Crippen molar-refractivity contribution in [3.8, 4) is 0 Å². The van der Waals surface area contributed by atoms with Crippen LogP contribution in [0.2, 0.25) is 0 Å². The molecule has 2 heterocycles. The predicted molar refractivity (Wildman–Crippen MR) is 72.2 cm³/mol. The third kappa shape index (κ3) is 2.70. The van der Waals surface area contributed by atoms with E-state index in [-0.39, 0.29) is 0 Å². The minimum absolute atomic E-state index is 0.360. The van der Waals surface area contributed by atoms with Crippen LogP contribution in [0.25, 0.3) is 0 Å². The Bertz CT molecular complexity index is 401. The predicted octanol–water partition coefficient (Wildman–Crippen LogP) is 0.253. The second-order valence-electron chi connectivity index (χ2n) is 4.05. The van der Waals surface area contributed by atoms with Gasteiger partial charge in [-0.1, -0.05) is 19.1 Å². The van der Waals surface area contributed by atoms with Crippen molar-refractivity contribution in [3.05, 3.63) is 18.1 Å². The molecule has 2 N–H and O–H groups in total. The van der Waals surface area contributed by atoms with Crippen LogP contribution < -0.4 is 10.6 Å². The van der Waals surface area contributed by atoms with Gasteiger partial charge in [0.1, 0.15) is 17.1 Å². The van der Waals surface area contributed by atoms with Crippen molar-refractivity contribution in [1.29, 1.82) is 0 Å². The summed E-state index contributed by atoms with van der Waals surface area (Å²) in [5.41, 5.74) is 6.46. The monoisotopic (exact) mass is 251 g/mol. The highest BCUT2D eigenvalue weighted by molar-refractivity contribution is 7.80. The van der Waals surface area contributed by atoms with Crippen molar-refractivity contribution in [1.82, 2.24) is 14.9 Å². The summed E-state index contributed by atoms with van der Waals surface area (Å²) in [5, 5.41) is 0. The molecule has 0 bridgehead atoms. The fourth-order valence-corrected chi connectivity index (χ4v) is 2.17. The number of aromatic nitrogens is 2. The van der Waals surface area contributed by atoms with Gasteiger partial charge in [-0.2, -0.15) is 0 Å². The normalized spacial score (nSPS) is 17.1. The molecule has 1 aliphatic rings. The van der Waals surface area contributed by atoms with E-state index in [9.17, 15) is 0 Å². The number of likely N-dealkylation sites (N-methyl/N-ethyl adjacent to an activating group) is 1. The van der Waals surface area contributed by atoms with E-state index in [0.29, 0.717) is 4.99 Å². The smallest absolute Gasteiger partial charge is 0.142 e. The highest BCUT2D eigenvalue weighted by Gasteiger charge is 2.19. The summed E-state index contributed by atoms with van der Waals surface area (Å²) in [7, 11) is 0. The van der Waals surface area contributed by atoms with Crippen molar-refractivity contribution in [2.24, 2.45) is 5.73 Å². The van der Waals surface area contributed by atoms with E-state index in [1.807, 2.05) is 0 Å². The summed E-state index contributed by atoms with van der Waals surface area (Å²) in [4.78, 5) is 13.3. The molecule has 1 aromatic heterocycles. The highest BCUT2D eigenvalue weighted by Crippen LogP contribution is 2.17. The van der Waals surface area contributed by atoms with Gasteiger partial charge >= 0.3 is 0 Å². The molecule has 0 aromatic carbocycles. The minimum atomic E-state index is 0.360. The average molecular weight is 251 g/mol. The first kappa shape index (κ1) is 12.2. The lowest BCUT2D eigenvalue weighted by Gasteiger charge is -2.35. The first-order valence-electron chi connectivity index (χ1n) is 5.79. The van der Waals surface area contributed by atoms with E-state index < -0.39 is 0 Å². The van der Waals surface area contributed by atoms with Gasteiger partial charge in [0.2, 0.25) is 0 Å². The number of hydrogen-bond donors (Lipinski definition) is 1. The van der Waals surface area contributed by atoms with Crippen molar-refractivity contribution >= 4 is 23.0 Å². The molecule has 5 nitrogen and oxygen atoms in total. The fourth-order valence-electron chi connectivity index (χ4n) is 2.02. The summed E-state index contributed by atoms with van der Waals surface area (Å²) in [6, 6.07) is 0. The van der Waals surface area contributed by atoms with Crippen LogP contribution in [0.3, 0.4) is 0 Å².